The summed E-state index contributed by atoms with van der Waals surface area (Å²) in [4.78, 5) is 13.8. The van der Waals surface area contributed by atoms with E-state index >= 15 is 0 Å². The molecule has 0 aromatic heterocycles. The summed E-state index contributed by atoms with van der Waals surface area (Å²) in [5.41, 5.74) is 6.11. The van der Waals surface area contributed by atoms with E-state index in [1.165, 1.54) is 0 Å². The Hall–Kier alpha value is -0.490. The lowest BCUT2D eigenvalue weighted by Crippen LogP contribution is -2.61. The third kappa shape index (κ3) is 2.91. The van der Waals surface area contributed by atoms with Gasteiger partial charge in [-0.3, -0.25) is 9.69 Å². The van der Waals surface area contributed by atoms with Crippen molar-refractivity contribution < 1.29 is 14.6 Å². The first-order valence-corrected chi connectivity index (χ1v) is 7.52. The smallest absolute Gasteiger partial charge is 0.146 e. The second-order valence-electron chi connectivity index (χ2n) is 5.96. The van der Waals surface area contributed by atoms with Crippen LogP contribution in [0.3, 0.4) is 0 Å². The van der Waals surface area contributed by atoms with Crippen molar-refractivity contribution in [2.24, 2.45) is 11.7 Å². The third-order valence-corrected chi connectivity index (χ3v) is 5.25. The maximum Gasteiger partial charge on any atom is 0.146 e. The fourth-order valence-electron chi connectivity index (χ4n) is 3.77. The number of likely N-dealkylation sites (tertiary alicyclic amines) is 1. The van der Waals surface area contributed by atoms with Crippen LogP contribution in [0.5, 0.6) is 0 Å². The molecule has 0 saturated carbocycles. The molecule has 0 radical (unpaired) electrons. The number of aliphatic hydroxyl groups is 1. The van der Waals surface area contributed by atoms with Crippen molar-refractivity contribution in [3.05, 3.63) is 0 Å². The standard InChI is InChI=1S/C15H30N2O3/c1-6-15(7-2,20-5)14(16)13-11(9-18)8-12(10(3)19)17(13)4/h11-14,18H,6-9,16H2,1-5H3. The van der Waals surface area contributed by atoms with Crippen LogP contribution in [0.2, 0.25) is 0 Å². The summed E-state index contributed by atoms with van der Waals surface area (Å²) in [6.07, 6.45) is 2.30. The molecule has 0 aromatic carbocycles. The lowest BCUT2D eigenvalue weighted by atomic mass is 9.80. The summed E-state index contributed by atoms with van der Waals surface area (Å²) < 4.78 is 5.73. The molecule has 0 aliphatic carbocycles. The van der Waals surface area contributed by atoms with Gasteiger partial charge in [0.25, 0.3) is 0 Å². The molecule has 1 rings (SSSR count). The van der Waals surface area contributed by atoms with Crippen LogP contribution in [0.25, 0.3) is 0 Å². The van der Waals surface area contributed by atoms with Crippen LogP contribution in [-0.4, -0.2) is 60.3 Å². The fraction of sp³-hybridized carbons (Fsp3) is 0.933. The highest BCUT2D eigenvalue weighted by atomic mass is 16.5. The van der Waals surface area contributed by atoms with Crippen LogP contribution >= 0.6 is 0 Å². The predicted molar refractivity (Wildman–Crippen MR) is 79.5 cm³/mol. The van der Waals surface area contributed by atoms with Gasteiger partial charge in [-0.15, -0.1) is 0 Å². The molecule has 118 valence electrons. The largest absolute Gasteiger partial charge is 0.396 e. The van der Waals surface area contributed by atoms with E-state index in [1.54, 1.807) is 14.0 Å². The number of carbonyl (C=O) groups excluding carboxylic acids is 1. The zero-order chi connectivity index (χ0) is 15.5. The molecule has 0 bridgehead atoms. The number of ketones is 1. The van der Waals surface area contributed by atoms with Gasteiger partial charge in [0.1, 0.15) is 5.78 Å². The molecule has 1 aliphatic rings. The number of rotatable bonds is 7. The van der Waals surface area contributed by atoms with Gasteiger partial charge in [-0.05, 0) is 33.2 Å². The van der Waals surface area contributed by atoms with E-state index in [0.29, 0.717) is 6.42 Å². The second-order valence-corrected chi connectivity index (χ2v) is 5.96. The quantitative estimate of drug-likeness (QED) is 0.723. The molecule has 3 N–H and O–H groups in total. The molecule has 1 saturated heterocycles. The zero-order valence-corrected chi connectivity index (χ0v) is 13.4. The van der Waals surface area contributed by atoms with Crippen LogP contribution in [0, 0.1) is 5.92 Å². The summed E-state index contributed by atoms with van der Waals surface area (Å²) >= 11 is 0. The van der Waals surface area contributed by atoms with Crippen LogP contribution in [-0.2, 0) is 9.53 Å². The average Bonchev–Trinajstić information content (AvgIpc) is 2.78. The lowest BCUT2D eigenvalue weighted by Gasteiger charge is -2.43. The number of carbonyl (C=O) groups is 1. The van der Waals surface area contributed by atoms with Crippen LogP contribution in [0.4, 0.5) is 0 Å². The van der Waals surface area contributed by atoms with Gasteiger partial charge in [-0.2, -0.15) is 0 Å². The number of ether oxygens (including phenoxy) is 1. The molecule has 5 heteroatoms. The van der Waals surface area contributed by atoms with Gasteiger partial charge in [-0.25, -0.2) is 0 Å². The van der Waals surface area contributed by atoms with E-state index in [1.807, 2.05) is 11.9 Å². The highest BCUT2D eigenvalue weighted by molar-refractivity contribution is 5.81. The highest BCUT2D eigenvalue weighted by Gasteiger charge is 2.49. The van der Waals surface area contributed by atoms with Crippen molar-refractivity contribution in [1.29, 1.82) is 0 Å². The van der Waals surface area contributed by atoms with E-state index < -0.39 is 5.60 Å². The number of likely N-dealkylation sites (N-methyl/N-ethyl adjacent to an activating group) is 1. The van der Waals surface area contributed by atoms with Gasteiger partial charge in [0.2, 0.25) is 0 Å². The van der Waals surface area contributed by atoms with Gasteiger partial charge in [-0.1, -0.05) is 13.8 Å². The van der Waals surface area contributed by atoms with Crippen LogP contribution in [0.15, 0.2) is 0 Å². The highest BCUT2D eigenvalue weighted by Crippen LogP contribution is 2.36. The Kier molecular flexibility index (Phi) is 6.13. The van der Waals surface area contributed by atoms with Gasteiger partial charge in [0.05, 0.1) is 11.6 Å². The maximum atomic E-state index is 11.7. The van der Waals surface area contributed by atoms with E-state index in [2.05, 4.69) is 13.8 Å². The molecule has 0 spiro atoms. The minimum atomic E-state index is -0.405. The fourth-order valence-corrected chi connectivity index (χ4v) is 3.77. The number of methoxy groups -OCH3 is 1. The lowest BCUT2D eigenvalue weighted by molar-refractivity contribution is -0.121. The maximum absolute atomic E-state index is 11.7. The monoisotopic (exact) mass is 286 g/mol. The van der Waals surface area contributed by atoms with Crippen molar-refractivity contribution in [3.63, 3.8) is 0 Å². The van der Waals surface area contributed by atoms with Crippen LogP contribution < -0.4 is 5.73 Å². The summed E-state index contributed by atoms with van der Waals surface area (Å²) in [6, 6.07) is -0.408. The first-order valence-electron chi connectivity index (χ1n) is 7.52. The van der Waals surface area contributed by atoms with Gasteiger partial charge in [0.15, 0.2) is 0 Å². The second kappa shape index (κ2) is 6.98. The minimum absolute atomic E-state index is 0.0246. The molecule has 4 atom stereocenters. The number of aliphatic hydroxyl groups excluding tert-OH is 1. The van der Waals surface area contributed by atoms with Crippen LogP contribution in [0.1, 0.15) is 40.0 Å². The molecule has 0 amide bonds. The molecule has 5 nitrogen and oxygen atoms in total. The van der Waals surface area contributed by atoms with E-state index in [4.69, 9.17) is 10.5 Å². The number of hydrogen-bond donors (Lipinski definition) is 2. The summed E-state index contributed by atoms with van der Waals surface area (Å²) in [5.74, 6) is 0.160. The zero-order valence-electron chi connectivity index (χ0n) is 13.4. The van der Waals surface area contributed by atoms with Crippen molar-refractivity contribution in [1.82, 2.24) is 4.90 Å². The Balaban J connectivity index is 3.05. The number of nitrogens with two attached hydrogens (primary N) is 1. The summed E-state index contributed by atoms with van der Waals surface area (Å²) in [6.45, 7) is 5.79. The first-order chi connectivity index (χ1) is 9.38. The molecule has 20 heavy (non-hydrogen) atoms. The topological polar surface area (TPSA) is 75.8 Å². The molecule has 1 heterocycles. The third-order valence-electron chi connectivity index (χ3n) is 5.25. The Morgan fingerprint density at radius 1 is 1.50 bits per heavy atom. The molecule has 4 unspecified atom stereocenters. The van der Waals surface area contributed by atoms with Crippen molar-refractivity contribution in [3.8, 4) is 0 Å². The number of nitrogens with zero attached hydrogens (tertiary/aromatic N) is 1. The van der Waals surface area contributed by atoms with Gasteiger partial charge >= 0.3 is 0 Å². The Morgan fingerprint density at radius 3 is 2.40 bits per heavy atom. The van der Waals surface area contributed by atoms with Crippen molar-refractivity contribution >= 4 is 5.78 Å². The molecule has 0 aromatic rings. The van der Waals surface area contributed by atoms with Gasteiger partial charge < -0.3 is 15.6 Å². The summed E-state index contributed by atoms with van der Waals surface area (Å²) in [7, 11) is 3.62. The SMILES string of the molecule is CCC(CC)(OC)C(N)C1C(CO)CC(C(C)=O)N1C. The molecule has 1 aliphatic heterocycles. The van der Waals surface area contributed by atoms with E-state index in [9.17, 15) is 9.90 Å². The summed E-state index contributed by atoms with van der Waals surface area (Å²) in [5, 5.41) is 9.65. The molecule has 1 fully saturated rings. The number of Topliss-reactive ketones (excluding diaryl/α,β-unsaturated/α-hetero) is 1. The van der Waals surface area contributed by atoms with E-state index in [0.717, 1.165) is 12.8 Å². The van der Waals surface area contributed by atoms with Gasteiger partial charge in [0, 0.05) is 31.7 Å². The van der Waals surface area contributed by atoms with Crippen molar-refractivity contribution in [2.75, 3.05) is 20.8 Å². The first kappa shape index (κ1) is 17.6. The Morgan fingerprint density at radius 2 is 2.05 bits per heavy atom. The minimum Gasteiger partial charge on any atom is -0.396 e. The normalized spacial score (nSPS) is 29.6. The van der Waals surface area contributed by atoms with Crippen molar-refractivity contribution in [2.45, 2.75) is 63.8 Å². The molecular formula is C15H30N2O3. The predicted octanol–water partition coefficient (Wildman–Crippen LogP) is 0.789. The average molecular weight is 286 g/mol. The van der Waals surface area contributed by atoms with E-state index in [-0.39, 0.29) is 36.4 Å². The molecular weight excluding hydrogens is 256 g/mol. The number of hydrogen-bond acceptors (Lipinski definition) is 5. The Labute approximate surface area is 122 Å². The Bertz CT molecular complexity index is 323.